The van der Waals surface area contributed by atoms with Crippen LogP contribution in [0.2, 0.25) is 0 Å². The number of hydrogen-bond acceptors (Lipinski definition) is 5. The highest BCUT2D eigenvalue weighted by molar-refractivity contribution is 7.92. The number of aliphatic hydroxyl groups is 1. The van der Waals surface area contributed by atoms with Crippen LogP contribution in [-0.2, 0) is 20.0 Å². The van der Waals surface area contributed by atoms with Crippen molar-refractivity contribution in [3.05, 3.63) is 72.3 Å². The first-order valence-electron chi connectivity index (χ1n) is 8.05. The average molecular weight is 411 g/mol. The molecular weight excluding hydrogens is 388 g/mol. The Balaban J connectivity index is 2.50. The SMILES string of the molecule is C=C[C@@H](CO)N(NS(=O)(=O)c1ccc(C)cc1)S(=O)(=O)c1ccc(C)cc1. The zero-order valence-electron chi connectivity index (χ0n) is 15.0. The molecule has 2 aromatic rings. The molecule has 0 saturated heterocycles. The Morgan fingerprint density at radius 3 is 1.81 bits per heavy atom. The van der Waals surface area contributed by atoms with E-state index in [4.69, 9.17) is 0 Å². The first-order chi connectivity index (χ1) is 12.6. The van der Waals surface area contributed by atoms with Gasteiger partial charge in [0.25, 0.3) is 20.0 Å². The lowest BCUT2D eigenvalue weighted by Gasteiger charge is -2.27. The number of aryl methyl sites for hydroxylation is 2. The molecule has 0 aliphatic heterocycles. The van der Waals surface area contributed by atoms with Gasteiger partial charge < -0.3 is 5.11 Å². The summed E-state index contributed by atoms with van der Waals surface area (Å²) in [5.74, 6) is 0. The molecule has 0 heterocycles. The van der Waals surface area contributed by atoms with Crippen LogP contribution in [0.1, 0.15) is 11.1 Å². The molecule has 0 fully saturated rings. The van der Waals surface area contributed by atoms with Crippen molar-refractivity contribution in [1.82, 2.24) is 9.25 Å². The number of nitrogens with zero attached hydrogens (tertiary/aromatic N) is 1. The molecule has 0 spiro atoms. The number of sulfonamides is 2. The minimum absolute atomic E-state index is 0.0991. The van der Waals surface area contributed by atoms with Gasteiger partial charge in [0.1, 0.15) is 0 Å². The molecular formula is C18H22N2O5S2. The molecule has 2 N–H and O–H groups in total. The Morgan fingerprint density at radius 1 is 0.963 bits per heavy atom. The van der Waals surface area contributed by atoms with Crippen LogP contribution < -0.4 is 4.83 Å². The van der Waals surface area contributed by atoms with Crippen LogP contribution in [0.15, 0.2) is 71.0 Å². The van der Waals surface area contributed by atoms with Crippen LogP contribution in [0.5, 0.6) is 0 Å². The molecule has 0 aromatic heterocycles. The lowest BCUT2D eigenvalue weighted by Crippen LogP contribution is -2.52. The molecule has 0 saturated carbocycles. The van der Waals surface area contributed by atoms with Gasteiger partial charge in [0.15, 0.2) is 0 Å². The van der Waals surface area contributed by atoms with Crippen molar-refractivity contribution in [2.45, 2.75) is 29.7 Å². The van der Waals surface area contributed by atoms with E-state index in [1.54, 1.807) is 38.1 Å². The zero-order chi connectivity index (χ0) is 20.2. The predicted molar refractivity (Wildman–Crippen MR) is 103 cm³/mol. The Morgan fingerprint density at radius 2 is 1.41 bits per heavy atom. The molecule has 7 nitrogen and oxygen atoms in total. The quantitative estimate of drug-likeness (QED) is 0.510. The lowest BCUT2D eigenvalue weighted by molar-refractivity contribution is 0.203. The highest BCUT2D eigenvalue weighted by Crippen LogP contribution is 2.20. The summed E-state index contributed by atoms with van der Waals surface area (Å²) in [5, 5.41) is 9.54. The van der Waals surface area contributed by atoms with Crippen LogP contribution in [0.3, 0.4) is 0 Å². The second kappa shape index (κ2) is 8.32. The molecule has 146 valence electrons. The minimum Gasteiger partial charge on any atom is -0.394 e. The van der Waals surface area contributed by atoms with Crippen LogP contribution in [-0.4, -0.2) is 39.0 Å². The second-order valence-electron chi connectivity index (χ2n) is 6.01. The Bertz CT molecular complexity index is 999. The number of rotatable bonds is 8. The van der Waals surface area contributed by atoms with Gasteiger partial charge in [0.2, 0.25) is 0 Å². The maximum absolute atomic E-state index is 13.0. The second-order valence-corrected chi connectivity index (χ2v) is 9.48. The van der Waals surface area contributed by atoms with E-state index in [0.29, 0.717) is 4.41 Å². The maximum atomic E-state index is 13.0. The Labute approximate surface area is 160 Å². The first-order valence-corrected chi connectivity index (χ1v) is 11.0. The van der Waals surface area contributed by atoms with Crippen LogP contribution in [0.4, 0.5) is 0 Å². The van der Waals surface area contributed by atoms with Gasteiger partial charge in [-0.1, -0.05) is 41.5 Å². The molecule has 0 unspecified atom stereocenters. The maximum Gasteiger partial charge on any atom is 0.257 e. The standard InChI is InChI=1S/C18H22N2O5S2/c1-4-16(13-21)20(27(24,25)18-11-7-15(3)8-12-18)19-26(22,23)17-9-5-14(2)6-10-17/h4-12,16,19,21H,1,13H2,2-3H3/t16-/m0/s1. The van der Waals surface area contributed by atoms with E-state index >= 15 is 0 Å². The number of nitrogens with one attached hydrogen (secondary N) is 1. The summed E-state index contributed by atoms with van der Waals surface area (Å²) in [6, 6.07) is 10.7. The van der Waals surface area contributed by atoms with Crippen molar-refractivity contribution in [1.29, 1.82) is 0 Å². The van der Waals surface area contributed by atoms with Crippen molar-refractivity contribution in [2.24, 2.45) is 0 Å². The minimum atomic E-state index is -4.28. The van der Waals surface area contributed by atoms with Crippen LogP contribution in [0, 0.1) is 13.8 Å². The fourth-order valence-corrected chi connectivity index (χ4v) is 5.13. The van der Waals surface area contributed by atoms with Crippen molar-refractivity contribution < 1.29 is 21.9 Å². The van der Waals surface area contributed by atoms with E-state index < -0.39 is 32.7 Å². The van der Waals surface area contributed by atoms with Gasteiger partial charge in [-0.2, -0.15) is 0 Å². The van der Waals surface area contributed by atoms with Crippen molar-refractivity contribution in [3.8, 4) is 0 Å². The smallest absolute Gasteiger partial charge is 0.257 e. The number of benzene rings is 2. The highest BCUT2D eigenvalue weighted by atomic mass is 32.2. The summed E-state index contributed by atoms with van der Waals surface area (Å²) in [7, 11) is -8.48. The van der Waals surface area contributed by atoms with Gasteiger partial charge in [-0.3, -0.25) is 0 Å². The van der Waals surface area contributed by atoms with Crippen molar-refractivity contribution in [2.75, 3.05) is 6.61 Å². The van der Waals surface area contributed by atoms with E-state index in [-0.39, 0.29) is 9.79 Å². The molecule has 2 rings (SSSR count). The molecule has 0 radical (unpaired) electrons. The molecule has 9 heteroatoms. The predicted octanol–water partition coefficient (Wildman–Crippen LogP) is 1.73. The summed E-state index contributed by atoms with van der Waals surface area (Å²) in [6.45, 7) is 6.44. The molecule has 0 bridgehead atoms. The highest BCUT2D eigenvalue weighted by Gasteiger charge is 2.34. The van der Waals surface area contributed by atoms with Crippen molar-refractivity contribution in [3.63, 3.8) is 0 Å². The third-order valence-electron chi connectivity index (χ3n) is 3.88. The van der Waals surface area contributed by atoms with Gasteiger partial charge in [-0.25, -0.2) is 16.8 Å². The summed E-state index contributed by atoms with van der Waals surface area (Å²) in [4.78, 5) is 1.86. The normalized spacial score (nSPS) is 13.5. The van der Waals surface area contributed by atoms with Crippen LogP contribution in [0.25, 0.3) is 0 Å². The third kappa shape index (κ3) is 4.82. The average Bonchev–Trinajstić information content (AvgIpc) is 2.62. The molecule has 1 atom stereocenters. The number of hydrazine groups is 1. The fraction of sp³-hybridized carbons (Fsp3) is 0.222. The van der Waals surface area contributed by atoms with Gasteiger partial charge in [-0.15, -0.1) is 15.8 Å². The first kappa shape index (κ1) is 21.3. The van der Waals surface area contributed by atoms with E-state index in [2.05, 4.69) is 11.4 Å². The number of hydrogen-bond donors (Lipinski definition) is 2. The van der Waals surface area contributed by atoms with E-state index in [1.165, 1.54) is 24.3 Å². The topological polar surface area (TPSA) is 104 Å². The lowest BCUT2D eigenvalue weighted by atomic mass is 10.2. The Hall–Kier alpha value is -2.04. The molecule has 27 heavy (non-hydrogen) atoms. The summed E-state index contributed by atoms with van der Waals surface area (Å²) >= 11 is 0. The van der Waals surface area contributed by atoms with Gasteiger partial charge in [-0.05, 0) is 38.1 Å². The zero-order valence-corrected chi connectivity index (χ0v) is 16.7. The van der Waals surface area contributed by atoms with Gasteiger partial charge >= 0.3 is 0 Å². The molecule has 0 amide bonds. The largest absolute Gasteiger partial charge is 0.394 e. The molecule has 0 aliphatic rings. The van der Waals surface area contributed by atoms with E-state index in [1.807, 2.05) is 0 Å². The summed E-state index contributed by atoms with van der Waals surface area (Å²) in [5.41, 5.74) is 1.71. The number of aliphatic hydroxyl groups excluding tert-OH is 1. The van der Waals surface area contributed by atoms with Crippen LogP contribution >= 0.6 is 0 Å². The third-order valence-corrected chi connectivity index (χ3v) is 7.07. The van der Waals surface area contributed by atoms with E-state index in [0.717, 1.165) is 17.2 Å². The van der Waals surface area contributed by atoms with Gasteiger partial charge in [0.05, 0.1) is 22.4 Å². The summed E-state index contributed by atoms with van der Waals surface area (Å²) < 4.78 is 51.9. The van der Waals surface area contributed by atoms with Gasteiger partial charge in [0, 0.05) is 0 Å². The monoisotopic (exact) mass is 410 g/mol. The molecule has 2 aromatic carbocycles. The fourth-order valence-electron chi connectivity index (χ4n) is 2.25. The summed E-state index contributed by atoms with van der Waals surface area (Å²) in [6.07, 6.45) is 1.16. The van der Waals surface area contributed by atoms with E-state index in [9.17, 15) is 21.9 Å². The molecule has 0 aliphatic carbocycles. The van der Waals surface area contributed by atoms with Crippen molar-refractivity contribution >= 4 is 20.0 Å². The Kier molecular flexibility index (Phi) is 6.55.